The van der Waals surface area contributed by atoms with E-state index < -0.39 is 5.97 Å². The Morgan fingerprint density at radius 3 is 2.81 bits per heavy atom. The van der Waals surface area contributed by atoms with Crippen LogP contribution in [-0.4, -0.2) is 22.6 Å². The number of nitrogens with two attached hydrogens (primary N) is 1. The van der Waals surface area contributed by atoms with E-state index in [-0.39, 0.29) is 6.42 Å². The van der Waals surface area contributed by atoms with Gasteiger partial charge in [-0.3, -0.25) is 4.79 Å². The van der Waals surface area contributed by atoms with Crippen molar-refractivity contribution in [3.05, 3.63) is 35.5 Å². The SMILES string of the molecule is NCCc1[nH]c2ccccc2c1CC(=O)O. The van der Waals surface area contributed by atoms with E-state index in [2.05, 4.69) is 4.98 Å². The summed E-state index contributed by atoms with van der Waals surface area (Å²) in [6.45, 7) is 0.513. The molecule has 16 heavy (non-hydrogen) atoms. The fraction of sp³-hybridized carbons (Fsp3) is 0.250. The summed E-state index contributed by atoms with van der Waals surface area (Å²) in [7, 11) is 0. The normalized spacial score (nSPS) is 10.8. The average Bonchev–Trinajstić information content (AvgIpc) is 2.57. The summed E-state index contributed by atoms with van der Waals surface area (Å²) in [6.07, 6.45) is 0.719. The number of benzene rings is 1. The fourth-order valence-corrected chi connectivity index (χ4v) is 1.97. The van der Waals surface area contributed by atoms with Crippen molar-refractivity contribution in [3.63, 3.8) is 0 Å². The predicted molar refractivity (Wildman–Crippen MR) is 62.4 cm³/mol. The number of aromatic amines is 1. The van der Waals surface area contributed by atoms with E-state index in [4.69, 9.17) is 10.8 Å². The molecule has 2 aromatic rings. The Kier molecular flexibility index (Phi) is 2.92. The molecule has 0 saturated carbocycles. The van der Waals surface area contributed by atoms with Gasteiger partial charge >= 0.3 is 5.97 Å². The number of rotatable bonds is 4. The van der Waals surface area contributed by atoms with Crippen LogP contribution in [0.3, 0.4) is 0 Å². The first-order valence-corrected chi connectivity index (χ1v) is 5.22. The lowest BCUT2D eigenvalue weighted by Crippen LogP contribution is -2.07. The topological polar surface area (TPSA) is 79.1 Å². The van der Waals surface area contributed by atoms with Crippen molar-refractivity contribution in [2.24, 2.45) is 5.73 Å². The molecule has 0 spiro atoms. The number of fused-ring (bicyclic) bond motifs is 1. The van der Waals surface area contributed by atoms with E-state index in [1.165, 1.54) is 0 Å². The van der Waals surface area contributed by atoms with Crippen LogP contribution in [0.15, 0.2) is 24.3 Å². The third-order valence-electron chi connectivity index (χ3n) is 2.62. The van der Waals surface area contributed by atoms with Crippen LogP contribution in [0.2, 0.25) is 0 Å². The zero-order chi connectivity index (χ0) is 11.5. The molecular weight excluding hydrogens is 204 g/mol. The third-order valence-corrected chi connectivity index (χ3v) is 2.62. The van der Waals surface area contributed by atoms with Crippen LogP contribution in [0, 0.1) is 0 Å². The van der Waals surface area contributed by atoms with Crippen LogP contribution < -0.4 is 5.73 Å². The minimum Gasteiger partial charge on any atom is -0.481 e. The van der Waals surface area contributed by atoms with Gasteiger partial charge in [-0.1, -0.05) is 18.2 Å². The maximum Gasteiger partial charge on any atom is 0.307 e. The molecule has 4 N–H and O–H groups in total. The standard InChI is InChI=1S/C12H14N2O2/c13-6-5-11-9(7-12(15)16)8-3-1-2-4-10(8)14-11/h1-4,14H,5-7,13H2,(H,15,16). The Balaban J connectivity index is 2.54. The zero-order valence-electron chi connectivity index (χ0n) is 8.86. The monoisotopic (exact) mass is 218 g/mol. The van der Waals surface area contributed by atoms with Crippen LogP contribution in [0.4, 0.5) is 0 Å². The Bertz CT molecular complexity index is 517. The van der Waals surface area contributed by atoms with Gasteiger partial charge in [-0.25, -0.2) is 0 Å². The average molecular weight is 218 g/mol. The summed E-state index contributed by atoms with van der Waals surface area (Å²) in [6, 6.07) is 7.72. The zero-order valence-corrected chi connectivity index (χ0v) is 8.86. The van der Waals surface area contributed by atoms with Crippen LogP contribution in [0.5, 0.6) is 0 Å². The van der Waals surface area contributed by atoms with Crippen molar-refractivity contribution in [2.75, 3.05) is 6.54 Å². The van der Waals surface area contributed by atoms with Gasteiger partial charge in [0.2, 0.25) is 0 Å². The smallest absolute Gasteiger partial charge is 0.307 e. The first kappa shape index (κ1) is 10.7. The lowest BCUT2D eigenvalue weighted by molar-refractivity contribution is -0.136. The molecule has 0 atom stereocenters. The van der Waals surface area contributed by atoms with E-state index in [0.717, 1.165) is 22.2 Å². The van der Waals surface area contributed by atoms with Crippen molar-refractivity contribution >= 4 is 16.9 Å². The van der Waals surface area contributed by atoms with Crippen LogP contribution in [0.1, 0.15) is 11.3 Å². The number of carboxylic acid groups (broad SMARTS) is 1. The van der Waals surface area contributed by atoms with Gasteiger partial charge in [-0.15, -0.1) is 0 Å². The number of nitrogens with one attached hydrogen (secondary N) is 1. The lowest BCUT2D eigenvalue weighted by atomic mass is 10.1. The van der Waals surface area contributed by atoms with Crippen molar-refractivity contribution in [3.8, 4) is 0 Å². The molecule has 0 aliphatic rings. The van der Waals surface area contributed by atoms with Gasteiger partial charge in [0.1, 0.15) is 0 Å². The van der Waals surface area contributed by atoms with Gasteiger partial charge in [0, 0.05) is 23.0 Å². The van der Waals surface area contributed by atoms with Gasteiger partial charge < -0.3 is 15.8 Å². The van der Waals surface area contributed by atoms with E-state index in [1.54, 1.807) is 0 Å². The van der Waals surface area contributed by atoms with Crippen molar-refractivity contribution in [1.82, 2.24) is 4.98 Å². The molecule has 84 valence electrons. The van der Waals surface area contributed by atoms with Crippen LogP contribution in [0.25, 0.3) is 10.9 Å². The Hall–Kier alpha value is -1.81. The second-order valence-corrected chi connectivity index (χ2v) is 3.74. The number of hydrogen-bond donors (Lipinski definition) is 3. The van der Waals surface area contributed by atoms with Gasteiger partial charge in [-0.2, -0.15) is 0 Å². The molecule has 2 rings (SSSR count). The molecule has 0 fully saturated rings. The molecule has 0 amide bonds. The molecule has 0 radical (unpaired) electrons. The Labute approximate surface area is 93.1 Å². The second kappa shape index (κ2) is 4.37. The molecule has 0 bridgehead atoms. The minimum absolute atomic E-state index is 0.0410. The quantitative estimate of drug-likeness (QED) is 0.723. The summed E-state index contributed by atoms with van der Waals surface area (Å²) in [4.78, 5) is 14.0. The Morgan fingerprint density at radius 1 is 1.38 bits per heavy atom. The number of carboxylic acids is 1. The first-order chi connectivity index (χ1) is 7.72. The maximum absolute atomic E-state index is 10.8. The summed E-state index contributed by atoms with van der Waals surface area (Å²) in [5.41, 5.74) is 8.28. The predicted octanol–water partition coefficient (Wildman–Crippen LogP) is 1.30. The summed E-state index contributed by atoms with van der Waals surface area (Å²) < 4.78 is 0. The van der Waals surface area contributed by atoms with E-state index in [9.17, 15) is 4.79 Å². The molecule has 4 nitrogen and oxygen atoms in total. The molecule has 1 heterocycles. The molecule has 0 saturated heterocycles. The van der Waals surface area contributed by atoms with Gasteiger partial charge in [-0.05, 0) is 18.2 Å². The molecule has 0 unspecified atom stereocenters. The number of aromatic nitrogens is 1. The molecule has 1 aromatic heterocycles. The van der Waals surface area contributed by atoms with E-state index in [1.807, 2.05) is 24.3 Å². The summed E-state index contributed by atoms with van der Waals surface area (Å²) in [5.74, 6) is -0.817. The van der Waals surface area contributed by atoms with Crippen molar-refractivity contribution < 1.29 is 9.90 Å². The van der Waals surface area contributed by atoms with Crippen molar-refractivity contribution in [1.29, 1.82) is 0 Å². The first-order valence-electron chi connectivity index (χ1n) is 5.22. The minimum atomic E-state index is -0.817. The summed E-state index contributed by atoms with van der Waals surface area (Å²) >= 11 is 0. The summed E-state index contributed by atoms with van der Waals surface area (Å²) in [5, 5.41) is 9.87. The highest BCUT2D eigenvalue weighted by Crippen LogP contribution is 2.23. The highest BCUT2D eigenvalue weighted by atomic mass is 16.4. The number of carbonyl (C=O) groups is 1. The maximum atomic E-state index is 10.8. The lowest BCUT2D eigenvalue weighted by Gasteiger charge is -2.00. The molecule has 1 aromatic carbocycles. The number of para-hydroxylation sites is 1. The van der Waals surface area contributed by atoms with Gasteiger partial charge in [0.15, 0.2) is 0 Å². The highest BCUT2D eigenvalue weighted by Gasteiger charge is 2.13. The third kappa shape index (κ3) is 1.92. The molecule has 0 aliphatic heterocycles. The van der Waals surface area contributed by atoms with Gasteiger partial charge in [0.05, 0.1) is 6.42 Å². The molecule has 4 heteroatoms. The number of H-pyrrole nitrogens is 1. The van der Waals surface area contributed by atoms with E-state index >= 15 is 0 Å². The molecular formula is C12H14N2O2. The van der Waals surface area contributed by atoms with Crippen LogP contribution in [-0.2, 0) is 17.6 Å². The largest absolute Gasteiger partial charge is 0.481 e. The highest BCUT2D eigenvalue weighted by molar-refractivity contribution is 5.88. The van der Waals surface area contributed by atoms with Gasteiger partial charge in [0.25, 0.3) is 0 Å². The van der Waals surface area contributed by atoms with E-state index in [0.29, 0.717) is 13.0 Å². The Morgan fingerprint density at radius 2 is 2.12 bits per heavy atom. The number of hydrogen-bond acceptors (Lipinski definition) is 2. The van der Waals surface area contributed by atoms with Crippen LogP contribution >= 0.6 is 0 Å². The fourth-order valence-electron chi connectivity index (χ4n) is 1.97. The number of aliphatic carboxylic acids is 1. The molecule has 0 aliphatic carbocycles. The van der Waals surface area contributed by atoms with Crippen molar-refractivity contribution in [2.45, 2.75) is 12.8 Å². The second-order valence-electron chi connectivity index (χ2n) is 3.74.